The van der Waals surface area contributed by atoms with Crippen LogP contribution in [-0.4, -0.2) is 19.8 Å². The van der Waals surface area contributed by atoms with Crippen molar-refractivity contribution < 1.29 is 4.74 Å². The summed E-state index contributed by atoms with van der Waals surface area (Å²) in [5, 5.41) is 0. The highest BCUT2D eigenvalue weighted by atomic mass is 16.5. The molecule has 1 heterocycles. The second kappa shape index (κ2) is 3.95. The lowest BCUT2D eigenvalue weighted by atomic mass is 9.69. The van der Waals surface area contributed by atoms with Crippen molar-refractivity contribution >= 4 is 0 Å². The molecule has 1 aliphatic rings. The van der Waals surface area contributed by atoms with Gasteiger partial charge in [-0.2, -0.15) is 0 Å². The molecule has 0 radical (unpaired) electrons. The fraction of sp³-hybridized carbons (Fsp3) is 0.538. The topological polar surface area (TPSA) is 35.2 Å². The fourth-order valence-electron chi connectivity index (χ4n) is 2.17. The van der Waals surface area contributed by atoms with Gasteiger partial charge < -0.3 is 10.5 Å². The molecular weight excluding hydrogens is 186 g/mol. The van der Waals surface area contributed by atoms with Gasteiger partial charge in [0.15, 0.2) is 0 Å². The first-order valence-electron chi connectivity index (χ1n) is 5.54. The van der Waals surface area contributed by atoms with Crippen molar-refractivity contribution in [2.75, 3.05) is 19.8 Å². The molecule has 1 fully saturated rings. The molecule has 0 amide bonds. The first-order chi connectivity index (χ1) is 7.19. The first kappa shape index (κ1) is 10.7. The van der Waals surface area contributed by atoms with Gasteiger partial charge in [0, 0.05) is 5.41 Å². The van der Waals surface area contributed by atoms with E-state index in [0.29, 0.717) is 5.92 Å². The van der Waals surface area contributed by atoms with Gasteiger partial charge in [0.1, 0.15) is 0 Å². The SMILES string of the molecule is Cc1ccc(C2(C(C)CN)COC2)cc1. The van der Waals surface area contributed by atoms with E-state index in [0.717, 1.165) is 19.8 Å². The summed E-state index contributed by atoms with van der Waals surface area (Å²) in [6.45, 7) is 6.67. The number of aryl methyl sites for hydroxylation is 1. The van der Waals surface area contributed by atoms with Crippen molar-refractivity contribution in [3.8, 4) is 0 Å². The maximum absolute atomic E-state index is 5.78. The normalized spacial score (nSPS) is 20.7. The Bertz CT molecular complexity index is 327. The van der Waals surface area contributed by atoms with Crippen molar-refractivity contribution in [3.05, 3.63) is 35.4 Å². The zero-order valence-corrected chi connectivity index (χ0v) is 9.49. The lowest BCUT2D eigenvalue weighted by Crippen LogP contribution is -2.53. The number of hydrogen-bond donors (Lipinski definition) is 1. The zero-order valence-electron chi connectivity index (χ0n) is 9.49. The molecule has 1 aromatic rings. The molecule has 0 aliphatic carbocycles. The number of benzene rings is 1. The Morgan fingerprint density at radius 2 is 1.93 bits per heavy atom. The maximum atomic E-state index is 5.78. The average Bonchev–Trinajstić information content (AvgIpc) is 2.19. The van der Waals surface area contributed by atoms with Gasteiger partial charge >= 0.3 is 0 Å². The van der Waals surface area contributed by atoms with Crippen LogP contribution in [0.4, 0.5) is 0 Å². The predicted molar refractivity (Wildman–Crippen MR) is 61.9 cm³/mol. The van der Waals surface area contributed by atoms with Crippen molar-refractivity contribution in [2.24, 2.45) is 11.7 Å². The number of nitrogens with two attached hydrogens (primary N) is 1. The van der Waals surface area contributed by atoms with E-state index in [1.807, 2.05) is 0 Å². The lowest BCUT2D eigenvalue weighted by Gasteiger charge is -2.46. The summed E-state index contributed by atoms with van der Waals surface area (Å²) in [5.74, 6) is 0.481. The van der Waals surface area contributed by atoms with Crippen LogP contribution in [0.2, 0.25) is 0 Å². The molecule has 1 unspecified atom stereocenters. The molecule has 82 valence electrons. The molecule has 2 nitrogen and oxygen atoms in total. The van der Waals surface area contributed by atoms with Gasteiger partial charge in [0.25, 0.3) is 0 Å². The Morgan fingerprint density at radius 3 is 2.33 bits per heavy atom. The molecule has 0 spiro atoms. The second-order valence-electron chi connectivity index (χ2n) is 4.65. The minimum Gasteiger partial charge on any atom is -0.379 e. The summed E-state index contributed by atoms with van der Waals surface area (Å²) >= 11 is 0. The third-order valence-corrected chi connectivity index (χ3v) is 3.64. The largest absolute Gasteiger partial charge is 0.379 e. The standard InChI is InChI=1S/C13H19NO/c1-10-3-5-12(6-4-10)13(8-15-9-13)11(2)7-14/h3-6,11H,7-9,14H2,1-2H3. The van der Waals surface area contributed by atoms with E-state index in [9.17, 15) is 0 Å². The lowest BCUT2D eigenvalue weighted by molar-refractivity contribution is -0.0854. The maximum Gasteiger partial charge on any atom is 0.0588 e. The molecule has 1 saturated heterocycles. The van der Waals surface area contributed by atoms with Gasteiger partial charge in [-0.05, 0) is 24.9 Å². The summed E-state index contributed by atoms with van der Waals surface area (Å²) in [7, 11) is 0. The van der Waals surface area contributed by atoms with E-state index in [1.54, 1.807) is 0 Å². The van der Waals surface area contributed by atoms with E-state index in [-0.39, 0.29) is 5.41 Å². The summed E-state index contributed by atoms with van der Waals surface area (Å²) in [6.07, 6.45) is 0. The average molecular weight is 205 g/mol. The van der Waals surface area contributed by atoms with Crippen LogP contribution >= 0.6 is 0 Å². The highest BCUT2D eigenvalue weighted by Gasteiger charge is 2.44. The van der Waals surface area contributed by atoms with Gasteiger partial charge in [-0.15, -0.1) is 0 Å². The third-order valence-electron chi connectivity index (χ3n) is 3.64. The highest BCUT2D eigenvalue weighted by molar-refractivity contribution is 5.31. The molecule has 0 saturated carbocycles. The van der Waals surface area contributed by atoms with Crippen molar-refractivity contribution in [2.45, 2.75) is 19.3 Å². The highest BCUT2D eigenvalue weighted by Crippen LogP contribution is 2.39. The van der Waals surface area contributed by atoms with Gasteiger partial charge in [-0.1, -0.05) is 36.8 Å². The van der Waals surface area contributed by atoms with Crippen molar-refractivity contribution in [1.29, 1.82) is 0 Å². The monoisotopic (exact) mass is 205 g/mol. The molecule has 2 heteroatoms. The van der Waals surface area contributed by atoms with Gasteiger partial charge in [0.2, 0.25) is 0 Å². The van der Waals surface area contributed by atoms with Gasteiger partial charge in [0.05, 0.1) is 13.2 Å². The van der Waals surface area contributed by atoms with E-state index < -0.39 is 0 Å². The molecule has 15 heavy (non-hydrogen) atoms. The first-order valence-corrected chi connectivity index (χ1v) is 5.54. The van der Waals surface area contributed by atoms with Crippen molar-refractivity contribution in [1.82, 2.24) is 0 Å². The summed E-state index contributed by atoms with van der Waals surface area (Å²) < 4.78 is 5.39. The van der Waals surface area contributed by atoms with E-state index in [4.69, 9.17) is 10.5 Å². The minimum absolute atomic E-state index is 0.169. The number of ether oxygens (including phenoxy) is 1. The summed E-state index contributed by atoms with van der Waals surface area (Å²) in [6, 6.07) is 8.76. The van der Waals surface area contributed by atoms with Crippen LogP contribution in [0.5, 0.6) is 0 Å². The minimum atomic E-state index is 0.169. The van der Waals surface area contributed by atoms with Gasteiger partial charge in [-0.3, -0.25) is 0 Å². The summed E-state index contributed by atoms with van der Waals surface area (Å²) in [5.41, 5.74) is 8.62. The van der Waals surface area contributed by atoms with Crippen LogP contribution in [0.25, 0.3) is 0 Å². The van der Waals surface area contributed by atoms with Crippen LogP contribution in [-0.2, 0) is 10.2 Å². The molecule has 1 aromatic carbocycles. The van der Waals surface area contributed by atoms with Crippen LogP contribution in [0, 0.1) is 12.8 Å². The fourth-order valence-corrected chi connectivity index (χ4v) is 2.17. The van der Waals surface area contributed by atoms with E-state index in [1.165, 1.54) is 11.1 Å². The number of rotatable bonds is 3. The smallest absolute Gasteiger partial charge is 0.0588 e. The number of hydrogen-bond acceptors (Lipinski definition) is 2. The predicted octanol–water partition coefficient (Wildman–Crippen LogP) is 1.86. The Balaban J connectivity index is 2.30. The Morgan fingerprint density at radius 1 is 1.33 bits per heavy atom. The van der Waals surface area contributed by atoms with Crippen LogP contribution < -0.4 is 5.73 Å². The van der Waals surface area contributed by atoms with Crippen LogP contribution in [0.15, 0.2) is 24.3 Å². The Kier molecular flexibility index (Phi) is 2.81. The van der Waals surface area contributed by atoms with E-state index in [2.05, 4.69) is 38.1 Å². The quantitative estimate of drug-likeness (QED) is 0.817. The van der Waals surface area contributed by atoms with Gasteiger partial charge in [-0.25, -0.2) is 0 Å². The Labute approximate surface area is 91.4 Å². The molecule has 0 aromatic heterocycles. The van der Waals surface area contributed by atoms with E-state index >= 15 is 0 Å². The molecule has 2 rings (SSSR count). The Hall–Kier alpha value is -0.860. The molecular formula is C13H19NO. The van der Waals surface area contributed by atoms with Crippen LogP contribution in [0.1, 0.15) is 18.1 Å². The van der Waals surface area contributed by atoms with Crippen molar-refractivity contribution in [3.63, 3.8) is 0 Å². The van der Waals surface area contributed by atoms with Crippen LogP contribution in [0.3, 0.4) is 0 Å². The molecule has 1 aliphatic heterocycles. The summed E-state index contributed by atoms with van der Waals surface area (Å²) in [4.78, 5) is 0. The molecule has 1 atom stereocenters. The third kappa shape index (κ3) is 1.68. The zero-order chi connectivity index (χ0) is 10.9. The molecule has 0 bridgehead atoms. The molecule has 2 N–H and O–H groups in total. The second-order valence-corrected chi connectivity index (χ2v) is 4.65.